The van der Waals surface area contributed by atoms with Crippen LogP contribution < -0.4 is 10.0 Å². The number of sulfonamides is 1. The quantitative estimate of drug-likeness (QED) is 0.115. The zero-order chi connectivity index (χ0) is 37.9. The van der Waals surface area contributed by atoms with E-state index >= 15 is 0 Å². The second kappa shape index (κ2) is 12.7. The van der Waals surface area contributed by atoms with Gasteiger partial charge in [0.15, 0.2) is 0 Å². The molecule has 4 heterocycles. The second-order valence-electron chi connectivity index (χ2n) is 12.5. The number of rotatable bonds is 9. The predicted molar refractivity (Wildman–Crippen MR) is 180 cm³/mol. The molecule has 6 aromatic rings. The van der Waals surface area contributed by atoms with Crippen molar-refractivity contribution in [2.24, 2.45) is 0 Å². The third-order valence-corrected chi connectivity index (χ3v) is 9.74. The molecule has 4 aromatic heterocycles. The molecule has 6 rings (SSSR count). The van der Waals surface area contributed by atoms with Crippen molar-refractivity contribution < 1.29 is 45.0 Å². The van der Waals surface area contributed by atoms with Crippen LogP contribution in [0, 0.1) is 6.92 Å². The molecule has 52 heavy (non-hydrogen) atoms. The van der Waals surface area contributed by atoms with E-state index in [0.29, 0.717) is 43.8 Å². The van der Waals surface area contributed by atoms with Crippen molar-refractivity contribution in [3.05, 3.63) is 96.6 Å². The Hall–Kier alpha value is -5.33. The largest absolute Gasteiger partial charge is 0.428 e. The average molecular weight is 746 g/mol. The Morgan fingerprint density at radius 2 is 1.52 bits per heavy atom. The molecule has 0 unspecified atom stereocenters. The van der Waals surface area contributed by atoms with E-state index in [9.17, 15) is 45.0 Å². The van der Waals surface area contributed by atoms with Gasteiger partial charge in [-0.05, 0) is 80.9 Å². The lowest BCUT2D eigenvalue weighted by Crippen LogP contribution is -2.59. The molecule has 0 fully saturated rings. The van der Waals surface area contributed by atoms with Crippen LogP contribution in [0.5, 0.6) is 0 Å². The highest BCUT2D eigenvalue weighted by Gasteiger charge is 2.70. The maximum absolute atomic E-state index is 13.4. The van der Waals surface area contributed by atoms with Crippen molar-refractivity contribution in [2.45, 2.75) is 55.8 Å². The van der Waals surface area contributed by atoms with Crippen molar-refractivity contribution in [3.63, 3.8) is 0 Å². The Labute approximate surface area is 292 Å². The van der Waals surface area contributed by atoms with Crippen LogP contribution in [0.15, 0.2) is 90.2 Å². The van der Waals surface area contributed by atoms with E-state index in [4.69, 9.17) is 0 Å². The van der Waals surface area contributed by atoms with Gasteiger partial charge in [0.05, 0.1) is 34.5 Å². The first kappa shape index (κ1) is 36.5. The number of aliphatic hydroxyl groups is 2. The minimum Gasteiger partial charge on any atom is -0.384 e. The van der Waals surface area contributed by atoms with E-state index in [2.05, 4.69) is 30.1 Å². The summed E-state index contributed by atoms with van der Waals surface area (Å²) in [5, 5.41) is 28.3. The molecule has 0 bridgehead atoms. The van der Waals surface area contributed by atoms with Crippen molar-refractivity contribution in [1.82, 2.24) is 24.7 Å². The van der Waals surface area contributed by atoms with E-state index in [1.807, 2.05) is 0 Å². The Morgan fingerprint density at radius 1 is 0.827 bits per heavy atom. The molecule has 11 nitrogen and oxygen atoms in total. The number of halogens is 6. The fourth-order valence-corrected chi connectivity index (χ4v) is 6.48. The molecule has 0 atom stereocenters. The van der Waals surface area contributed by atoms with Gasteiger partial charge in [-0.15, -0.1) is 0 Å². The highest BCUT2D eigenvalue weighted by atomic mass is 32.2. The maximum Gasteiger partial charge on any atom is 0.428 e. The summed E-state index contributed by atoms with van der Waals surface area (Å²) in [7, 11) is -4.04. The number of anilines is 3. The molecule has 0 saturated heterocycles. The van der Waals surface area contributed by atoms with Gasteiger partial charge in [0.2, 0.25) is 0 Å². The smallest absolute Gasteiger partial charge is 0.384 e. The van der Waals surface area contributed by atoms with Gasteiger partial charge in [-0.1, -0.05) is 12.1 Å². The summed E-state index contributed by atoms with van der Waals surface area (Å²) in [6.45, 7) is 2.78. The van der Waals surface area contributed by atoms with Crippen molar-refractivity contribution in [1.29, 1.82) is 0 Å². The number of aryl methyl sites for hydroxylation is 1. The summed E-state index contributed by atoms with van der Waals surface area (Å²) in [4.78, 5) is 13.0. The first-order chi connectivity index (χ1) is 24.2. The third kappa shape index (κ3) is 6.83. The average Bonchev–Trinajstić information content (AvgIpc) is 3.46. The molecular weight excluding hydrogens is 716 g/mol. The zero-order valence-corrected chi connectivity index (χ0v) is 28.2. The molecular formula is C34H29F6N7O4S. The van der Waals surface area contributed by atoms with Crippen LogP contribution in [0.2, 0.25) is 0 Å². The highest BCUT2D eigenvalue weighted by Crippen LogP contribution is 2.45. The van der Waals surface area contributed by atoms with Crippen LogP contribution in [-0.2, 0) is 22.2 Å². The number of hydrogen-bond acceptors (Lipinski definition) is 9. The van der Waals surface area contributed by atoms with Gasteiger partial charge in [-0.25, -0.2) is 18.4 Å². The molecule has 0 radical (unpaired) electrons. The number of benzene rings is 2. The molecule has 0 amide bonds. The van der Waals surface area contributed by atoms with Crippen LogP contribution in [0.1, 0.15) is 25.1 Å². The van der Waals surface area contributed by atoms with Gasteiger partial charge in [0.1, 0.15) is 17.2 Å². The predicted octanol–water partition coefficient (Wildman–Crippen LogP) is 6.98. The maximum atomic E-state index is 13.4. The van der Waals surface area contributed by atoms with E-state index in [1.165, 1.54) is 62.5 Å². The second-order valence-corrected chi connectivity index (χ2v) is 14.2. The van der Waals surface area contributed by atoms with E-state index in [-0.39, 0.29) is 27.3 Å². The van der Waals surface area contributed by atoms with Crippen LogP contribution >= 0.6 is 0 Å². The fourth-order valence-electron chi connectivity index (χ4n) is 5.47. The lowest BCUT2D eigenvalue weighted by atomic mass is 9.98. The molecule has 0 aliphatic carbocycles. The molecule has 0 saturated carbocycles. The lowest BCUT2D eigenvalue weighted by Gasteiger charge is -2.32. The van der Waals surface area contributed by atoms with E-state index < -0.39 is 40.1 Å². The van der Waals surface area contributed by atoms with Crippen molar-refractivity contribution in [2.75, 3.05) is 10.0 Å². The SMILES string of the molecule is Cc1c(-c2nccc3cnc(Nc4ccc(S(=O)(=O)Nc5cccc(C(C)(C)O)n5)cc4)cc23)ccc2c1cnn2CC(O)(C(F)(F)F)C(F)(F)F. The first-order valence-corrected chi connectivity index (χ1v) is 16.8. The monoisotopic (exact) mass is 745 g/mol. The summed E-state index contributed by atoms with van der Waals surface area (Å²) in [5.41, 5.74) is -4.17. The van der Waals surface area contributed by atoms with E-state index in [0.717, 1.165) is 6.20 Å². The van der Waals surface area contributed by atoms with E-state index in [1.54, 1.807) is 37.4 Å². The number of alkyl halides is 6. The molecule has 0 aliphatic rings. The standard InChI is InChI=1S/C34H29F6N7O4S/c1-19-23(11-12-26-25(19)17-43-47(26)18-32(49,33(35,36)37)34(38,39)40)30-24-15-29(42-16-20(24)13-14-41-30)44-21-7-9-22(10-8-21)52(50,51)46-28-6-4-5-27(45-28)31(2,3)48/h4-17,48-49H,18H2,1-3H3,(H,42,44)(H,45,46). The lowest BCUT2D eigenvalue weighted by molar-refractivity contribution is -0.372. The topological polar surface area (TPSA) is 155 Å². The summed E-state index contributed by atoms with van der Waals surface area (Å²) >= 11 is 0. The Morgan fingerprint density at radius 3 is 2.17 bits per heavy atom. The Balaban J connectivity index is 1.27. The third-order valence-electron chi connectivity index (χ3n) is 8.37. The number of nitrogens with zero attached hydrogens (tertiary/aromatic N) is 5. The molecule has 2 aromatic carbocycles. The summed E-state index contributed by atoms with van der Waals surface area (Å²) in [6, 6.07) is 16.6. The first-order valence-electron chi connectivity index (χ1n) is 15.3. The van der Waals surface area contributed by atoms with Crippen molar-refractivity contribution in [3.8, 4) is 11.3 Å². The molecule has 0 aliphatic heterocycles. The summed E-state index contributed by atoms with van der Waals surface area (Å²) in [5.74, 6) is 0.387. The van der Waals surface area contributed by atoms with Crippen LogP contribution in [-0.4, -0.2) is 61.3 Å². The van der Waals surface area contributed by atoms with Crippen LogP contribution in [0.4, 0.5) is 43.7 Å². The van der Waals surface area contributed by atoms with Gasteiger partial charge in [0.25, 0.3) is 15.6 Å². The molecule has 272 valence electrons. The fraction of sp³-hybridized carbons (Fsp3) is 0.235. The van der Waals surface area contributed by atoms with Gasteiger partial charge >= 0.3 is 12.4 Å². The number of fused-ring (bicyclic) bond motifs is 2. The number of nitrogens with one attached hydrogen (secondary N) is 2. The molecule has 4 N–H and O–H groups in total. The Kier molecular flexibility index (Phi) is 8.91. The van der Waals surface area contributed by atoms with Gasteiger partial charge in [-0.3, -0.25) is 14.4 Å². The minimum absolute atomic E-state index is 0.0323. The van der Waals surface area contributed by atoms with Crippen molar-refractivity contribution >= 4 is 49.0 Å². The highest BCUT2D eigenvalue weighted by molar-refractivity contribution is 7.92. The normalized spacial score (nSPS) is 13.1. The summed E-state index contributed by atoms with van der Waals surface area (Å²) in [6.07, 6.45) is -7.79. The zero-order valence-electron chi connectivity index (χ0n) is 27.4. The number of pyridine rings is 3. The Bertz CT molecular complexity index is 2400. The molecule has 0 spiro atoms. The van der Waals surface area contributed by atoms with Crippen LogP contribution in [0.3, 0.4) is 0 Å². The summed E-state index contributed by atoms with van der Waals surface area (Å²) < 4.78 is 109. The minimum atomic E-state index is -6.01. The van der Waals surface area contributed by atoms with Gasteiger partial charge in [-0.2, -0.15) is 31.4 Å². The van der Waals surface area contributed by atoms with Crippen LogP contribution in [0.25, 0.3) is 32.9 Å². The van der Waals surface area contributed by atoms with Gasteiger partial charge in [0, 0.05) is 39.8 Å². The number of aromatic nitrogens is 5. The number of hydrogen-bond donors (Lipinski definition) is 4. The van der Waals surface area contributed by atoms with Gasteiger partial charge < -0.3 is 15.5 Å². The molecule has 18 heteroatoms.